The SMILES string of the molecule is COc1ccc(CC2CCN(C(=O)c3cnc4cccnn34)C2)cc1OC. The molecule has 1 aromatic carbocycles. The third-order valence-electron chi connectivity index (χ3n) is 5.04. The molecule has 27 heavy (non-hydrogen) atoms. The Hall–Kier alpha value is -3.09. The number of carbonyl (C=O) groups is 1. The molecule has 1 fully saturated rings. The lowest BCUT2D eigenvalue weighted by atomic mass is 9.98. The third-order valence-corrected chi connectivity index (χ3v) is 5.04. The quantitative estimate of drug-likeness (QED) is 0.694. The molecule has 1 amide bonds. The van der Waals surface area contributed by atoms with Crippen molar-refractivity contribution < 1.29 is 14.3 Å². The first-order chi connectivity index (χ1) is 13.2. The average Bonchev–Trinajstić information content (AvgIpc) is 3.34. The van der Waals surface area contributed by atoms with Gasteiger partial charge in [-0.1, -0.05) is 6.07 Å². The summed E-state index contributed by atoms with van der Waals surface area (Å²) in [4.78, 5) is 19.0. The van der Waals surface area contributed by atoms with E-state index in [4.69, 9.17) is 9.47 Å². The number of ether oxygens (including phenoxy) is 2. The van der Waals surface area contributed by atoms with Crippen LogP contribution in [0.5, 0.6) is 11.5 Å². The molecule has 0 bridgehead atoms. The maximum atomic E-state index is 12.9. The van der Waals surface area contributed by atoms with E-state index in [9.17, 15) is 4.79 Å². The fraction of sp³-hybridized carbons (Fsp3) is 0.350. The van der Waals surface area contributed by atoms with Crippen LogP contribution in [0.2, 0.25) is 0 Å². The van der Waals surface area contributed by atoms with Gasteiger partial charge in [-0.15, -0.1) is 0 Å². The lowest BCUT2D eigenvalue weighted by Crippen LogP contribution is -2.30. The second-order valence-corrected chi connectivity index (χ2v) is 6.74. The van der Waals surface area contributed by atoms with Crippen molar-refractivity contribution in [3.8, 4) is 11.5 Å². The minimum Gasteiger partial charge on any atom is -0.493 e. The Morgan fingerprint density at radius 1 is 1.22 bits per heavy atom. The van der Waals surface area contributed by atoms with E-state index in [0.717, 1.165) is 37.4 Å². The first-order valence-electron chi connectivity index (χ1n) is 8.98. The van der Waals surface area contributed by atoms with Gasteiger partial charge in [0.1, 0.15) is 0 Å². The fourth-order valence-corrected chi connectivity index (χ4v) is 3.66. The van der Waals surface area contributed by atoms with Crippen LogP contribution in [0.15, 0.2) is 42.7 Å². The Kier molecular flexibility index (Phi) is 4.66. The van der Waals surface area contributed by atoms with Crippen molar-refractivity contribution in [1.82, 2.24) is 19.5 Å². The summed E-state index contributed by atoms with van der Waals surface area (Å²) in [5.74, 6) is 1.86. The van der Waals surface area contributed by atoms with E-state index in [2.05, 4.69) is 16.1 Å². The summed E-state index contributed by atoms with van der Waals surface area (Å²) < 4.78 is 12.3. The normalized spacial score (nSPS) is 16.7. The highest BCUT2D eigenvalue weighted by atomic mass is 16.5. The molecule has 2 aromatic heterocycles. The van der Waals surface area contributed by atoms with Crippen molar-refractivity contribution in [2.24, 2.45) is 5.92 Å². The Morgan fingerprint density at radius 2 is 2.07 bits per heavy atom. The molecular formula is C20H22N4O3. The summed E-state index contributed by atoms with van der Waals surface area (Å²) in [7, 11) is 3.27. The number of rotatable bonds is 5. The van der Waals surface area contributed by atoms with Crippen molar-refractivity contribution >= 4 is 11.6 Å². The zero-order valence-electron chi connectivity index (χ0n) is 15.5. The largest absolute Gasteiger partial charge is 0.493 e. The first-order valence-corrected chi connectivity index (χ1v) is 8.98. The number of carbonyl (C=O) groups excluding carboxylic acids is 1. The van der Waals surface area contributed by atoms with Crippen LogP contribution in [0, 0.1) is 5.92 Å². The minimum absolute atomic E-state index is 0.0176. The van der Waals surface area contributed by atoms with Crippen LogP contribution in [0.25, 0.3) is 5.65 Å². The fourth-order valence-electron chi connectivity index (χ4n) is 3.66. The van der Waals surface area contributed by atoms with Gasteiger partial charge in [0.15, 0.2) is 22.8 Å². The highest BCUT2D eigenvalue weighted by Gasteiger charge is 2.29. The molecule has 1 aliphatic rings. The number of benzene rings is 1. The summed E-state index contributed by atoms with van der Waals surface area (Å²) in [6, 6.07) is 9.65. The summed E-state index contributed by atoms with van der Waals surface area (Å²) in [5, 5.41) is 4.24. The summed E-state index contributed by atoms with van der Waals surface area (Å²) in [5.41, 5.74) is 2.38. The van der Waals surface area contributed by atoms with Crippen LogP contribution >= 0.6 is 0 Å². The molecule has 1 saturated heterocycles. The molecule has 3 heterocycles. The Balaban J connectivity index is 1.45. The lowest BCUT2D eigenvalue weighted by molar-refractivity contribution is 0.0779. The molecule has 1 unspecified atom stereocenters. The van der Waals surface area contributed by atoms with Gasteiger partial charge in [0, 0.05) is 19.3 Å². The maximum absolute atomic E-state index is 12.9. The number of fused-ring (bicyclic) bond motifs is 1. The van der Waals surface area contributed by atoms with E-state index in [1.54, 1.807) is 31.1 Å². The molecule has 7 heteroatoms. The van der Waals surface area contributed by atoms with Crippen LogP contribution in [-0.4, -0.2) is 52.7 Å². The van der Waals surface area contributed by atoms with Gasteiger partial charge in [0.2, 0.25) is 0 Å². The van der Waals surface area contributed by atoms with E-state index in [0.29, 0.717) is 17.3 Å². The smallest absolute Gasteiger partial charge is 0.274 e. The molecule has 4 rings (SSSR count). The third kappa shape index (κ3) is 3.32. The summed E-state index contributed by atoms with van der Waals surface area (Å²) >= 11 is 0. The Bertz CT molecular complexity index is 969. The van der Waals surface area contributed by atoms with Crippen molar-refractivity contribution in [2.45, 2.75) is 12.8 Å². The van der Waals surface area contributed by atoms with Crippen molar-refractivity contribution in [3.05, 3.63) is 54.0 Å². The number of aromatic nitrogens is 3. The molecule has 0 radical (unpaired) electrons. The standard InChI is InChI=1S/C20H22N4O3/c1-26-17-6-5-14(11-18(17)27-2)10-15-7-9-23(13-15)20(25)16-12-21-19-4-3-8-22-24(16)19/h3-6,8,11-12,15H,7,9-10,13H2,1-2H3. The minimum atomic E-state index is -0.0176. The second-order valence-electron chi connectivity index (χ2n) is 6.74. The highest BCUT2D eigenvalue weighted by molar-refractivity contribution is 5.93. The van der Waals surface area contributed by atoms with Crippen LogP contribution in [0.1, 0.15) is 22.5 Å². The topological polar surface area (TPSA) is 69.0 Å². The summed E-state index contributed by atoms with van der Waals surface area (Å²) in [6.45, 7) is 1.48. The van der Waals surface area contributed by atoms with Crippen molar-refractivity contribution in [3.63, 3.8) is 0 Å². The monoisotopic (exact) mass is 366 g/mol. The number of methoxy groups -OCH3 is 2. The lowest BCUT2D eigenvalue weighted by Gasteiger charge is -2.16. The van der Waals surface area contributed by atoms with Crippen LogP contribution in [0.4, 0.5) is 0 Å². The number of likely N-dealkylation sites (tertiary alicyclic amines) is 1. The molecule has 0 spiro atoms. The molecule has 3 aromatic rings. The van der Waals surface area contributed by atoms with Crippen LogP contribution in [-0.2, 0) is 6.42 Å². The van der Waals surface area contributed by atoms with E-state index >= 15 is 0 Å². The highest BCUT2D eigenvalue weighted by Crippen LogP contribution is 2.30. The second kappa shape index (κ2) is 7.26. The van der Waals surface area contributed by atoms with E-state index in [1.165, 1.54) is 5.56 Å². The van der Waals surface area contributed by atoms with Gasteiger partial charge >= 0.3 is 0 Å². The van der Waals surface area contributed by atoms with Gasteiger partial charge in [-0.25, -0.2) is 9.50 Å². The van der Waals surface area contributed by atoms with Gasteiger partial charge in [-0.05, 0) is 48.6 Å². The van der Waals surface area contributed by atoms with Crippen molar-refractivity contribution in [1.29, 1.82) is 0 Å². The molecule has 0 aliphatic carbocycles. The Morgan fingerprint density at radius 3 is 2.89 bits per heavy atom. The predicted octanol–water partition coefficient (Wildman–Crippen LogP) is 2.45. The van der Waals surface area contributed by atoms with E-state index in [-0.39, 0.29) is 5.91 Å². The molecule has 0 N–H and O–H groups in total. The first kappa shape index (κ1) is 17.3. The van der Waals surface area contributed by atoms with Gasteiger partial charge < -0.3 is 14.4 Å². The zero-order chi connectivity index (χ0) is 18.8. The van der Waals surface area contributed by atoms with Crippen LogP contribution < -0.4 is 9.47 Å². The van der Waals surface area contributed by atoms with Gasteiger partial charge in [0.05, 0.1) is 20.4 Å². The van der Waals surface area contributed by atoms with Crippen molar-refractivity contribution in [2.75, 3.05) is 27.3 Å². The predicted molar refractivity (Wildman–Crippen MR) is 100 cm³/mol. The molecular weight excluding hydrogens is 344 g/mol. The number of imidazole rings is 1. The maximum Gasteiger partial charge on any atom is 0.274 e. The molecule has 1 atom stereocenters. The molecule has 1 aliphatic heterocycles. The number of hydrogen-bond acceptors (Lipinski definition) is 5. The Labute approximate surface area is 157 Å². The molecule has 140 valence electrons. The van der Waals surface area contributed by atoms with E-state index in [1.807, 2.05) is 29.2 Å². The van der Waals surface area contributed by atoms with Crippen LogP contribution in [0.3, 0.4) is 0 Å². The van der Waals surface area contributed by atoms with E-state index < -0.39 is 0 Å². The number of nitrogens with zero attached hydrogens (tertiary/aromatic N) is 4. The van der Waals surface area contributed by atoms with Gasteiger partial charge in [-0.3, -0.25) is 4.79 Å². The summed E-state index contributed by atoms with van der Waals surface area (Å²) in [6.07, 6.45) is 5.14. The zero-order valence-corrected chi connectivity index (χ0v) is 15.5. The number of amides is 1. The average molecular weight is 366 g/mol. The molecule has 7 nitrogen and oxygen atoms in total. The van der Waals surface area contributed by atoms with Gasteiger partial charge in [-0.2, -0.15) is 5.10 Å². The molecule has 0 saturated carbocycles. The number of hydrogen-bond donors (Lipinski definition) is 0. The van der Waals surface area contributed by atoms with Gasteiger partial charge in [0.25, 0.3) is 5.91 Å².